The Bertz CT molecular complexity index is 617. The van der Waals surface area contributed by atoms with E-state index in [0.29, 0.717) is 6.04 Å². The number of rotatable bonds is 5. The van der Waals surface area contributed by atoms with Gasteiger partial charge in [0.1, 0.15) is 11.3 Å². The Labute approximate surface area is 133 Å². The predicted molar refractivity (Wildman–Crippen MR) is 91.0 cm³/mol. The number of hydrogen-bond donors (Lipinski definition) is 0. The van der Waals surface area contributed by atoms with Gasteiger partial charge in [-0.3, -0.25) is 0 Å². The van der Waals surface area contributed by atoms with Gasteiger partial charge in [0.15, 0.2) is 5.65 Å². The second-order valence-corrected chi connectivity index (χ2v) is 6.83. The van der Waals surface area contributed by atoms with E-state index >= 15 is 0 Å². The number of nitrogens with zero attached hydrogens (tertiary/aromatic N) is 4. The summed E-state index contributed by atoms with van der Waals surface area (Å²) >= 11 is 0. The van der Waals surface area contributed by atoms with Gasteiger partial charge in [0.2, 0.25) is 0 Å². The van der Waals surface area contributed by atoms with Gasteiger partial charge in [-0.1, -0.05) is 6.92 Å². The van der Waals surface area contributed by atoms with Crippen LogP contribution in [0.4, 0.5) is 0 Å². The molecule has 1 fully saturated rings. The van der Waals surface area contributed by atoms with Gasteiger partial charge in [0.05, 0.1) is 0 Å². The molecule has 0 N–H and O–H groups in total. The fourth-order valence-corrected chi connectivity index (χ4v) is 3.61. The molecule has 0 amide bonds. The molecule has 4 heteroatoms. The van der Waals surface area contributed by atoms with Crippen molar-refractivity contribution in [2.45, 2.75) is 59.0 Å². The summed E-state index contributed by atoms with van der Waals surface area (Å²) in [5.74, 6) is 1.95. The van der Waals surface area contributed by atoms with E-state index in [2.05, 4.69) is 41.3 Å². The van der Waals surface area contributed by atoms with Gasteiger partial charge in [-0.05, 0) is 57.7 Å². The molecule has 2 aromatic rings. The number of aromatic nitrogens is 3. The molecule has 120 valence electrons. The molecule has 1 unspecified atom stereocenters. The molecule has 4 nitrogen and oxygen atoms in total. The number of likely N-dealkylation sites (tertiary alicyclic amines) is 1. The van der Waals surface area contributed by atoms with Crippen LogP contribution in [0.1, 0.15) is 45.9 Å². The van der Waals surface area contributed by atoms with E-state index in [0.717, 1.165) is 36.5 Å². The first-order valence-corrected chi connectivity index (χ1v) is 8.73. The lowest BCUT2D eigenvalue weighted by molar-refractivity contribution is 0.138. The highest BCUT2D eigenvalue weighted by Crippen LogP contribution is 2.24. The van der Waals surface area contributed by atoms with Crippen molar-refractivity contribution in [1.82, 2.24) is 19.4 Å². The standard InChI is InChI=1S/C18H28N4/c1-4-10-22-17(20-16-8-5-9-19-18(16)22)12-15-7-6-11-21(13-15)14(2)3/h5,8-9,14-15H,4,6-7,10-13H2,1-3H3. The maximum atomic E-state index is 4.88. The molecule has 3 rings (SSSR count). The van der Waals surface area contributed by atoms with Crippen molar-refractivity contribution in [3.05, 3.63) is 24.2 Å². The lowest BCUT2D eigenvalue weighted by Gasteiger charge is -2.35. The summed E-state index contributed by atoms with van der Waals surface area (Å²) in [7, 11) is 0. The topological polar surface area (TPSA) is 34.0 Å². The monoisotopic (exact) mass is 300 g/mol. The van der Waals surface area contributed by atoms with Crippen molar-refractivity contribution >= 4 is 11.2 Å². The van der Waals surface area contributed by atoms with E-state index in [9.17, 15) is 0 Å². The van der Waals surface area contributed by atoms with Crippen LogP contribution in [0.15, 0.2) is 18.3 Å². The number of fused-ring (bicyclic) bond motifs is 1. The molecular formula is C18H28N4. The van der Waals surface area contributed by atoms with E-state index in [-0.39, 0.29) is 0 Å². The van der Waals surface area contributed by atoms with Gasteiger partial charge in [-0.15, -0.1) is 0 Å². The Morgan fingerprint density at radius 2 is 2.23 bits per heavy atom. The van der Waals surface area contributed by atoms with Gasteiger partial charge < -0.3 is 9.47 Å². The third kappa shape index (κ3) is 3.17. The molecule has 3 heterocycles. The maximum Gasteiger partial charge on any atom is 0.159 e. The normalized spacial score (nSPS) is 20.1. The summed E-state index contributed by atoms with van der Waals surface area (Å²) in [4.78, 5) is 12.0. The zero-order chi connectivity index (χ0) is 15.5. The minimum absolute atomic E-state index is 0.652. The zero-order valence-electron chi connectivity index (χ0n) is 14.1. The second kappa shape index (κ2) is 6.78. The third-order valence-electron chi connectivity index (χ3n) is 4.78. The fraction of sp³-hybridized carbons (Fsp3) is 0.667. The number of imidazole rings is 1. The lowest BCUT2D eigenvalue weighted by atomic mass is 9.93. The molecular weight excluding hydrogens is 272 g/mol. The summed E-state index contributed by atoms with van der Waals surface area (Å²) in [6, 6.07) is 4.72. The molecule has 0 spiro atoms. The Balaban J connectivity index is 1.82. The van der Waals surface area contributed by atoms with Crippen molar-refractivity contribution in [2.24, 2.45) is 5.92 Å². The van der Waals surface area contributed by atoms with E-state index in [1.54, 1.807) is 0 Å². The summed E-state index contributed by atoms with van der Waals surface area (Å²) < 4.78 is 2.34. The molecule has 0 saturated carbocycles. The van der Waals surface area contributed by atoms with Crippen LogP contribution in [-0.2, 0) is 13.0 Å². The number of piperidine rings is 1. The zero-order valence-corrected chi connectivity index (χ0v) is 14.1. The quantitative estimate of drug-likeness (QED) is 0.847. The van der Waals surface area contributed by atoms with Crippen LogP contribution in [0.3, 0.4) is 0 Å². The Kier molecular flexibility index (Phi) is 4.77. The van der Waals surface area contributed by atoms with Crippen LogP contribution in [0.25, 0.3) is 11.2 Å². The molecule has 0 radical (unpaired) electrons. The molecule has 2 aromatic heterocycles. The van der Waals surface area contributed by atoms with Crippen molar-refractivity contribution in [3.8, 4) is 0 Å². The van der Waals surface area contributed by atoms with Gasteiger partial charge in [0.25, 0.3) is 0 Å². The SMILES string of the molecule is CCCn1c(CC2CCCN(C(C)C)C2)nc2cccnc21. The van der Waals surface area contributed by atoms with Crippen LogP contribution in [0.5, 0.6) is 0 Å². The smallest absolute Gasteiger partial charge is 0.159 e. The van der Waals surface area contributed by atoms with Gasteiger partial charge in [-0.25, -0.2) is 9.97 Å². The molecule has 1 saturated heterocycles. The highest BCUT2D eigenvalue weighted by molar-refractivity contribution is 5.71. The number of pyridine rings is 1. The predicted octanol–water partition coefficient (Wildman–Crippen LogP) is 3.50. The van der Waals surface area contributed by atoms with Gasteiger partial charge >= 0.3 is 0 Å². The number of hydrogen-bond acceptors (Lipinski definition) is 3. The molecule has 22 heavy (non-hydrogen) atoms. The largest absolute Gasteiger partial charge is 0.313 e. The molecule has 1 atom stereocenters. The van der Waals surface area contributed by atoms with E-state index in [1.165, 1.54) is 31.8 Å². The van der Waals surface area contributed by atoms with Crippen LogP contribution in [0.2, 0.25) is 0 Å². The fourth-order valence-electron chi connectivity index (χ4n) is 3.61. The first-order chi connectivity index (χ1) is 10.7. The highest BCUT2D eigenvalue weighted by atomic mass is 15.2. The maximum absolute atomic E-state index is 4.88. The Morgan fingerprint density at radius 3 is 3.00 bits per heavy atom. The van der Waals surface area contributed by atoms with Gasteiger partial charge in [0, 0.05) is 31.7 Å². The van der Waals surface area contributed by atoms with Crippen LogP contribution in [0, 0.1) is 5.92 Å². The third-order valence-corrected chi connectivity index (χ3v) is 4.78. The van der Waals surface area contributed by atoms with E-state index < -0.39 is 0 Å². The first kappa shape index (κ1) is 15.5. The van der Waals surface area contributed by atoms with Crippen molar-refractivity contribution in [1.29, 1.82) is 0 Å². The second-order valence-electron chi connectivity index (χ2n) is 6.83. The molecule has 1 aliphatic rings. The summed E-state index contributed by atoms with van der Waals surface area (Å²) in [5, 5.41) is 0. The Morgan fingerprint density at radius 1 is 1.36 bits per heavy atom. The summed E-state index contributed by atoms with van der Waals surface area (Å²) in [5.41, 5.74) is 2.10. The van der Waals surface area contributed by atoms with Crippen molar-refractivity contribution < 1.29 is 0 Å². The lowest BCUT2D eigenvalue weighted by Crippen LogP contribution is -2.40. The summed E-state index contributed by atoms with van der Waals surface area (Å²) in [6.07, 6.45) is 6.72. The summed E-state index contributed by atoms with van der Waals surface area (Å²) in [6.45, 7) is 10.3. The molecule has 0 aromatic carbocycles. The van der Waals surface area contributed by atoms with Gasteiger partial charge in [-0.2, -0.15) is 0 Å². The Hall–Kier alpha value is -1.42. The molecule has 0 bridgehead atoms. The van der Waals surface area contributed by atoms with Crippen LogP contribution < -0.4 is 0 Å². The van der Waals surface area contributed by atoms with Crippen molar-refractivity contribution in [2.75, 3.05) is 13.1 Å². The van der Waals surface area contributed by atoms with Crippen molar-refractivity contribution in [3.63, 3.8) is 0 Å². The average Bonchev–Trinajstić information content (AvgIpc) is 2.86. The van der Waals surface area contributed by atoms with Crippen LogP contribution >= 0.6 is 0 Å². The average molecular weight is 300 g/mol. The first-order valence-electron chi connectivity index (χ1n) is 8.73. The minimum atomic E-state index is 0.652. The van der Waals surface area contributed by atoms with Crippen LogP contribution in [-0.4, -0.2) is 38.6 Å². The van der Waals surface area contributed by atoms with E-state index in [1.807, 2.05) is 12.3 Å². The molecule has 0 aliphatic carbocycles. The van der Waals surface area contributed by atoms with E-state index in [4.69, 9.17) is 4.98 Å². The minimum Gasteiger partial charge on any atom is -0.313 e. The molecule has 1 aliphatic heterocycles. The number of aryl methyl sites for hydroxylation is 1. The highest BCUT2D eigenvalue weighted by Gasteiger charge is 2.24.